The van der Waals surface area contributed by atoms with E-state index in [1.165, 1.54) is 6.42 Å². The van der Waals surface area contributed by atoms with Gasteiger partial charge in [-0.05, 0) is 44.7 Å². The maximum atomic E-state index is 11.2. The highest BCUT2D eigenvalue weighted by atomic mass is 16.1. The second-order valence-corrected chi connectivity index (χ2v) is 3.88. The molecule has 1 aliphatic heterocycles. The van der Waals surface area contributed by atoms with Crippen LogP contribution in [0.25, 0.3) is 0 Å². The van der Waals surface area contributed by atoms with Crippen LogP contribution in [0.5, 0.6) is 0 Å². The quantitative estimate of drug-likeness (QED) is 0.604. The molecule has 2 nitrogen and oxygen atoms in total. The van der Waals surface area contributed by atoms with Gasteiger partial charge in [-0.25, -0.2) is 0 Å². The summed E-state index contributed by atoms with van der Waals surface area (Å²) in [5.74, 6) is 2.27. The lowest BCUT2D eigenvalue weighted by molar-refractivity contribution is -0.121. The van der Waals surface area contributed by atoms with Crippen LogP contribution in [0.15, 0.2) is 0 Å². The lowest BCUT2D eigenvalue weighted by atomic mass is 9.90. The van der Waals surface area contributed by atoms with Crippen LogP contribution < -0.4 is 5.32 Å². The van der Waals surface area contributed by atoms with Gasteiger partial charge >= 0.3 is 0 Å². The Kier molecular flexibility index (Phi) is 1.72. The van der Waals surface area contributed by atoms with Gasteiger partial charge in [0.05, 0.1) is 0 Å². The zero-order valence-electron chi connectivity index (χ0n) is 6.97. The maximum absolute atomic E-state index is 11.2. The maximum Gasteiger partial charge on any atom is 0.133 e. The topological polar surface area (TPSA) is 29.1 Å². The summed E-state index contributed by atoms with van der Waals surface area (Å²) in [6.07, 6.45) is 2.41. The Hall–Kier alpha value is -0.370. The molecule has 1 saturated heterocycles. The molecule has 0 unspecified atom stereocenters. The lowest BCUT2D eigenvalue weighted by Gasteiger charge is -2.13. The van der Waals surface area contributed by atoms with Crippen molar-refractivity contribution in [2.45, 2.75) is 19.8 Å². The summed E-state index contributed by atoms with van der Waals surface area (Å²) in [5.41, 5.74) is 0. The van der Waals surface area contributed by atoms with E-state index >= 15 is 0 Å². The summed E-state index contributed by atoms with van der Waals surface area (Å²) in [6, 6.07) is 0. The van der Waals surface area contributed by atoms with Crippen molar-refractivity contribution in [2.24, 2.45) is 17.8 Å². The summed E-state index contributed by atoms with van der Waals surface area (Å²) >= 11 is 0. The summed E-state index contributed by atoms with van der Waals surface area (Å²) < 4.78 is 0. The summed E-state index contributed by atoms with van der Waals surface area (Å²) in [5, 5.41) is 3.36. The number of carbonyl (C=O) groups is 1. The van der Waals surface area contributed by atoms with Crippen LogP contribution in [0.1, 0.15) is 19.8 Å². The first-order chi connectivity index (χ1) is 5.29. The van der Waals surface area contributed by atoms with Crippen LogP contribution in [-0.2, 0) is 4.79 Å². The van der Waals surface area contributed by atoms with Gasteiger partial charge in [0.1, 0.15) is 5.78 Å². The minimum atomic E-state index is 0.384. The normalized spacial score (nSPS) is 42.5. The Morgan fingerprint density at radius 2 is 2.18 bits per heavy atom. The molecule has 11 heavy (non-hydrogen) atoms. The molecule has 0 aromatic rings. The van der Waals surface area contributed by atoms with E-state index < -0.39 is 0 Å². The second-order valence-electron chi connectivity index (χ2n) is 3.88. The van der Waals surface area contributed by atoms with Gasteiger partial charge in [0.25, 0.3) is 0 Å². The third-order valence-electron chi connectivity index (χ3n) is 3.28. The second kappa shape index (κ2) is 2.59. The number of Topliss-reactive ketones (excluding diaryl/α,β-unsaturated/α-hetero) is 1. The van der Waals surface area contributed by atoms with Crippen molar-refractivity contribution in [2.75, 3.05) is 13.1 Å². The molecule has 0 radical (unpaired) electrons. The minimum absolute atomic E-state index is 0.384. The van der Waals surface area contributed by atoms with Crippen LogP contribution in [0.2, 0.25) is 0 Å². The van der Waals surface area contributed by atoms with E-state index in [-0.39, 0.29) is 0 Å². The van der Waals surface area contributed by atoms with E-state index in [0.717, 1.165) is 25.4 Å². The summed E-state index contributed by atoms with van der Waals surface area (Å²) in [4.78, 5) is 11.2. The third-order valence-corrected chi connectivity index (χ3v) is 3.28. The zero-order valence-corrected chi connectivity index (χ0v) is 6.97. The Labute approximate surface area is 67.4 Å². The highest BCUT2D eigenvalue weighted by Crippen LogP contribution is 2.39. The molecular formula is C9H15NO. The number of hydrogen-bond donors (Lipinski definition) is 1. The highest BCUT2D eigenvalue weighted by Gasteiger charge is 2.40. The number of rotatable bonds is 1. The van der Waals surface area contributed by atoms with Crippen LogP contribution in [-0.4, -0.2) is 18.9 Å². The molecule has 2 fully saturated rings. The predicted molar refractivity (Wildman–Crippen MR) is 43.3 cm³/mol. The van der Waals surface area contributed by atoms with E-state index in [1.807, 2.05) is 0 Å². The lowest BCUT2D eigenvalue weighted by Crippen LogP contribution is -2.21. The smallest absolute Gasteiger partial charge is 0.133 e. The fraction of sp³-hybridized carbons (Fsp3) is 0.889. The van der Waals surface area contributed by atoms with Crippen molar-refractivity contribution >= 4 is 5.78 Å². The van der Waals surface area contributed by atoms with Gasteiger partial charge in [0, 0.05) is 5.92 Å². The van der Waals surface area contributed by atoms with Crippen molar-refractivity contribution in [1.29, 1.82) is 0 Å². The molecule has 0 bridgehead atoms. The molecule has 62 valence electrons. The standard InChI is InChI=1S/C9H15NO/c1-6(11)8-3-2-7-4-10-5-9(7)8/h7-10H,2-5H2,1H3/t7-,8+,9-/m0/s1. The van der Waals surface area contributed by atoms with Gasteiger partial charge in [-0.1, -0.05) is 0 Å². The monoisotopic (exact) mass is 153 g/mol. The van der Waals surface area contributed by atoms with Crippen molar-refractivity contribution in [3.8, 4) is 0 Å². The predicted octanol–water partition coefficient (Wildman–Crippen LogP) is 0.821. The summed E-state index contributed by atoms with van der Waals surface area (Å²) in [7, 11) is 0. The van der Waals surface area contributed by atoms with E-state index in [9.17, 15) is 4.79 Å². The number of nitrogens with one attached hydrogen (secondary N) is 1. The Balaban J connectivity index is 2.08. The molecule has 2 heteroatoms. The Morgan fingerprint density at radius 3 is 2.91 bits per heavy atom. The van der Waals surface area contributed by atoms with E-state index in [0.29, 0.717) is 17.6 Å². The average Bonchev–Trinajstić information content (AvgIpc) is 2.41. The SMILES string of the molecule is CC(=O)[C@H]1CC[C@H]2CNC[C@@H]21. The van der Waals surface area contributed by atoms with Gasteiger partial charge in [-0.15, -0.1) is 0 Å². The molecule has 0 amide bonds. The number of ketones is 1. The molecule has 2 rings (SSSR count). The molecule has 1 aliphatic carbocycles. The average molecular weight is 153 g/mol. The molecule has 0 aromatic heterocycles. The molecule has 2 aliphatic rings. The number of hydrogen-bond acceptors (Lipinski definition) is 2. The highest BCUT2D eigenvalue weighted by molar-refractivity contribution is 5.79. The van der Waals surface area contributed by atoms with Crippen molar-refractivity contribution in [3.63, 3.8) is 0 Å². The molecule has 1 saturated carbocycles. The van der Waals surface area contributed by atoms with Crippen molar-refractivity contribution < 1.29 is 4.79 Å². The van der Waals surface area contributed by atoms with Gasteiger partial charge in [-0.3, -0.25) is 4.79 Å². The molecule has 1 N–H and O–H groups in total. The first-order valence-electron chi connectivity index (χ1n) is 4.50. The first-order valence-corrected chi connectivity index (χ1v) is 4.50. The van der Waals surface area contributed by atoms with Gasteiger partial charge < -0.3 is 5.32 Å². The van der Waals surface area contributed by atoms with Crippen LogP contribution in [0.4, 0.5) is 0 Å². The van der Waals surface area contributed by atoms with E-state index in [1.54, 1.807) is 6.92 Å². The van der Waals surface area contributed by atoms with Crippen LogP contribution >= 0.6 is 0 Å². The third kappa shape index (κ3) is 1.09. The van der Waals surface area contributed by atoms with E-state index in [4.69, 9.17) is 0 Å². The van der Waals surface area contributed by atoms with Crippen LogP contribution in [0, 0.1) is 17.8 Å². The molecule has 0 spiro atoms. The van der Waals surface area contributed by atoms with Gasteiger partial charge in [0.15, 0.2) is 0 Å². The zero-order chi connectivity index (χ0) is 7.84. The van der Waals surface area contributed by atoms with Crippen molar-refractivity contribution in [1.82, 2.24) is 5.32 Å². The fourth-order valence-electron chi connectivity index (χ4n) is 2.65. The van der Waals surface area contributed by atoms with Crippen LogP contribution in [0.3, 0.4) is 0 Å². The van der Waals surface area contributed by atoms with Gasteiger partial charge in [0.2, 0.25) is 0 Å². The Bertz CT molecular complexity index is 178. The molecule has 0 aromatic carbocycles. The molecular weight excluding hydrogens is 138 g/mol. The number of carbonyl (C=O) groups excluding carboxylic acids is 1. The minimum Gasteiger partial charge on any atom is -0.316 e. The largest absolute Gasteiger partial charge is 0.316 e. The fourth-order valence-corrected chi connectivity index (χ4v) is 2.65. The molecule has 3 atom stereocenters. The van der Waals surface area contributed by atoms with Gasteiger partial charge in [-0.2, -0.15) is 0 Å². The summed E-state index contributed by atoms with van der Waals surface area (Å²) in [6.45, 7) is 3.97. The number of fused-ring (bicyclic) bond motifs is 1. The molecule has 1 heterocycles. The Morgan fingerprint density at radius 1 is 1.36 bits per heavy atom. The van der Waals surface area contributed by atoms with E-state index in [2.05, 4.69) is 5.32 Å². The van der Waals surface area contributed by atoms with Crippen molar-refractivity contribution in [3.05, 3.63) is 0 Å². The first kappa shape index (κ1) is 7.29.